The lowest BCUT2D eigenvalue weighted by atomic mass is 9.97. The van der Waals surface area contributed by atoms with Crippen LogP contribution in [0.25, 0.3) is 0 Å². The summed E-state index contributed by atoms with van der Waals surface area (Å²) in [7, 11) is 1.63. The molecule has 18 heavy (non-hydrogen) atoms. The first-order chi connectivity index (χ1) is 8.53. The van der Waals surface area contributed by atoms with Crippen molar-refractivity contribution < 1.29 is 9.84 Å². The number of aliphatic hydroxyl groups is 1. The van der Waals surface area contributed by atoms with Gasteiger partial charge in [-0.25, -0.2) is 0 Å². The van der Waals surface area contributed by atoms with E-state index in [1.807, 2.05) is 26.1 Å². The number of nitrogens with zero attached hydrogens (tertiary/aromatic N) is 2. The molecule has 1 fully saturated rings. The molecular formula is C14H24N2O2. The van der Waals surface area contributed by atoms with Crippen LogP contribution >= 0.6 is 0 Å². The molecule has 0 bridgehead atoms. The minimum Gasteiger partial charge on any atom is -0.390 e. The molecule has 0 saturated heterocycles. The van der Waals surface area contributed by atoms with Crippen molar-refractivity contribution in [2.75, 3.05) is 7.11 Å². The predicted molar refractivity (Wildman–Crippen MR) is 70.5 cm³/mol. The third-order valence-electron chi connectivity index (χ3n) is 4.09. The predicted octanol–water partition coefficient (Wildman–Crippen LogP) is 2.33. The molecule has 1 unspecified atom stereocenters. The lowest BCUT2D eigenvalue weighted by Gasteiger charge is -2.28. The highest BCUT2D eigenvalue weighted by Gasteiger charge is 2.28. The quantitative estimate of drug-likeness (QED) is 0.875. The van der Waals surface area contributed by atoms with Gasteiger partial charge in [0.1, 0.15) is 0 Å². The van der Waals surface area contributed by atoms with Crippen LogP contribution in [0, 0.1) is 0 Å². The van der Waals surface area contributed by atoms with Crippen LogP contribution in [0.2, 0.25) is 0 Å². The van der Waals surface area contributed by atoms with Gasteiger partial charge in [-0.05, 0) is 32.8 Å². The second-order valence-electron chi connectivity index (χ2n) is 5.75. The van der Waals surface area contributed by atoms with Crippen molar-refractivity contribution >= 4 is 0 Å². The zero-order valence-electron chi connectivity index (χ0n) is 11.6. The largest absolute Gasteiger partial charge is 0.390 e. The van der Waals surface area contributed by atoms with Gasteiger partial charge in [0.15, 0.2) is 0 Å². The van der Waals surface area contributed by atoms with Crippen LogP contribution in [-0.2, 0) is 11.2 Å². The summed E-state index contributed by atoms with van der Waals surface area (Å²) in [4.78, 5) is 0. The van der Waals surface area contributed by atoms with Crippen LogP contribution < -0.4 is 0 Å². The van der Waals surface area contributed by atoms with Crippen LogP contribution in [0.1, 0.15) is 51.3 Å². The number of aliphatic hydroxyl groups excluding tert-OH is 1. The van der Waals surface area contributed by atoms with Gasteiger partial charge in [-0.2, -0.15) is 5.10 Å². The van der Waals surface area contributed by atoms with Crippen LogP contribution in [0.5, 0.6) is 0 Å². The van der Waals surface area contributed by atoms with Gasteiger partial charge in [0, 0.05) is 19.7 Å². The molecule has 1 aliphatic carbocycles. The smallest absolute Gasteiger partial charge is 0.0884 e. The van der Waals surface area contributed by atoms with Crippen molar-refractivity contribution in [2.45, 2.75) is 63.7 Å². The molecule has 1 atom stereocenters. The maximum atomic E-state index is 10.1. The van der Waals surface area contributed by atoms with E-state index in [2.05, 4.69) is 9.78 Å². The minimum absolute atomic E-state index is 0.531. The van der Waals surface area contributed by atoms with Gasteiger partial charge in [-0.1, -0.05) is 12.8 Å². The third kappa shape index (κ3) is 2.93. The van der Waals surface area contributed by atoms with Gasteiger partial charge >= 0.3 is 0 Å². The molecule has 1 aromatic heterocycles. The van der Waals surface area contributed by atoms with Crippen LogP contribution in [-0.4, -0.2) is 33.7 Å². The maximum absolute atomic E-state index is 10.1. The second-order valence-corrected chi connectivity index (χ2v) is 5.75. The Bertz CT molecular complexity index is 381. The molecule has 1 saturated carbocycles. The fourth-order valence-corrected chi connectivity index (χ4v) is 2.44. The molecule has 1 N–H and O–H groups in total. The number of aromatic nitrogens is 2. The number of methoxy groups -OCH3 is 1. The van der Waals surface area contributed by atoms with E-state index in [-0.39, 0.29) is 0 Å². The first kappa shape index (κ1) is 13.6. The van der Waals surface area contributed by atoms with E-state index in [1.54, 1.807) is 7.11 Å². The number of hydrogen-bond donors (Lipinski definition) is 1. The second kappa shape index (κ2) is 5.41. The molecule has 0 aromatic carbocycles. The standard InChI is InChI=1S/C14H24N2O2/c1-14(2,18-3)13(17)10-11-8-9-16(15-11)12-6-4-5-7-12/h8-9,12-13,17H,4-7,10H2,1-3H3. The van der Waals surface area contributed by atoms with E-state index in [1.165, 1.54) is 25.7 Å². The number of ether oxygens (including phenoxy) is 1. The molecule has 0 spiro atoms. The molecule has 102 valence electrons. The molecule has 0 amide bonds. The van der Waals surface area contributed by atoms with Crippen molar-refractivity contribution in [3.05, 3.63) is 18.0 Å². The Hall–Kier alpha value is -0.870. The highest BCUT2D eigenvalue weighted by molar-refractivity contribution is 5.03. The molecule has 4 nitrogen and oxygen atoms in total. The van der Waals surface area contributed by atoms with Crippen molar-refractivity contribution in [3.63, 3.8) is 0 Å². The van der Waals surface area contributed by atoms with Crippen molar-refractivity contribution in [1.82, 2.24) is 9.78 Å². The molecular weight excluding hydrogens is 228 g/mol. The van der Waals surface area contributed by atoms with E-state index in [0.29, 0.717) is 12.5 Å². The van der Waals surface area contributed by atoms with Gasteiger partial charge < -0.3 is 9.84 Å². The van der Waals surface area contributed by atoms with Gasteiger partial charge in [-0.3, -0.25) is 4.68 Å². The Morgan fingerprint density at radius 3 is 2.78 bits per heavy atom. The average Bonchev–Trinajstić information content (AvgIpc) is 2.98. The van der Waals surface area contributed by atoms with Gasteiger partial charge in [0.2, 0.25) is 0 Å². The normalized spacial score (nSPS) is 19.3. The number of hydrogen-bond acceptors (Lipinski definition) is 3. The minimum atomic E-state index is -0.533. The van der Waals surface area contributed by atoms with E-state index in [9.17, 15) is 5.11 Å². The summed E-state index contributed by atoms with van der Waals surface area (Å²) < 4.78 is 7.36. The monoisotopic (exact) mass is 252 g/mol. The zero-order chi connectivity index (χ0) is 13.2. The van der Waals surface area contributed by atoms with Crippen LogP contribution in [0.3, 0.4) is 0 Å². The molecule has 0 radical (unpaired) electrons. The molecule has 0 aliphatic heterocycles. The average molecular weight is 252 g/mol. The Morgan fingerprint density at radius 1 is 1.50 bits per heavy atom. The van der Waals surface area contributed by atoms with Gasteiger partial charge in [0.05, 0.1) is 23.4 Å². The lowest BCUT2D eigenvalue weighted by molar-refractivity contribution is -0.0768. The summed E-state index contributed by atoms with van der Waals surface area (Å²) in [5, 5.41) is 14.7. The Kier molecular flexibility index (Phi) is 4.07. The Morgan fingerprint density at radius 2 is 2.17 bits per heavy atom. The van der Waals surface area contributed by atoms with Gasteiger partial charge in [0.25, 0.3) is 0 Å². The van der Waals surface area contributed by atoms with Crippen LogP contribution in [0.4, 0.5) is 0 Å². The highest BCUT2D eigenvalue weighted by Crippen LogP contribution is 2.29. The van der Waals surface area contributed by atoms with Crippen molar-refractivity contribution in [1.29, 1.82) is 0 Å². The van der Waals surface area contributed by atoms with E-state index in [0.717, 1.165) is 5.69 Å². The zero-order valence-corrected chi connectivity index (χ0v) is 11.6. The summed E-state index contributed by atoms with van der Waals surface area (Å²) >= 11 is 0. The van der Waals surface area contributed by atoms with Crippen molar-refractivity contribution in [2.24, 2.45) is 0 Å². The Labute approximate surface area is 109 Å². The first-order valence-corrected chi connectivity index (χ1v) is 6.80. The van der Waals surface area contributed by atoms with Crippen LogP contribution in [0.15, 0.2) is 12.3 Å². The van der Waals surface area contributed by atoms with Gasteiger partial charge in [-0.15, -0.1) is 0 Å². The van der Waals surface area contributed by atoms with E-state index >= 15 is 0 Å². The topological polar surface area (TPSA) is 47.3 Å². The SMILES string of the molecule is COC(C)(C)C(O)Cc1ccn(C2CCCC2)n1. The summed E-state index contributed by atoms with van der Waals surface area (Å²) in [6.45, 7) is 3.79. The third-order valence-corrected chi connectivity index (χ3v) is 4.09. The van der Waals surface area contributed by atoms with E-state index < -0.39 is 11.7 Å². The maximum Gasteiger partial charge on any atom is 0.0884 e. The number of rotatable bonds is 5. The lowest BCUT2D eigenvalue weighted by Crippen LogP contribution is -2.39. The fraction of sp³-hybridized carbons (Fsp3) is 0.786. The summed E-state index contributed by atoms with van der Waals surface area (Å²) in [6.07, 6.45) is 7.12. The molecule has 2 rings (SSSR count). The highest BCUT2D eigenvalue weighted by atomic mass is 16.5. The Balaban J connectivity index is 1.98. The summed E-state index contributed by atoms with van der Waals surface area (Å²) in [5.74, 6) is 0. The summed E-state index contributed by atoms with van der Waals surface area (Å²) in [6, 6.07) is 2.57. The molecule has 1 heterocycles. The summed E-state index contributed by atoms with van der Waals surface area (Å²) in [5.41, 5.74) is 0.413. The van der Waals surface area contributed by atoms with E-state index in [4.69, 9.17) is 4.74 Å². The van der Waals surface area contributed by atoms with Crippen molar-refractivity contribution in [3.8, 4) is 0 Å². The molecule has 1 aromatic rings. The fourth-order valence-electron chi connectivity index (χ4n) is 2.44. The first-order valence-electron chi connectivity index (χ1n) is 6.80. The molecule has 4 heteroatoms. The molecule has 1 aliphatic rings.